The standard InChI is InChI=1S/C9H12N2O5/c12-4-6-5(13)3-8(16-6)11-2-1-7(14)10-9(11)15/h1-2,5-6,8,12-13H,3-4H2,(H,10,14,15)/t5-,6+,8+/m0/s1/i3T/t3-,5-,6+,8+. The molecule has 4 atom stereocenters. The Hall–Kier alpha value is -1.44. The van der Waals surface area contributed by atoms with E-state index in [0.29, 0.717) is 0 Å². The number of aromatic nitrogens is 2. The highest BCUT2D eigenvalue weighted by Gasteiger charge is 2.34. The van der Waals surface area contributed by atoms with Crippen LogP contribution >= 0.6 is 0 Å². The lowest BCUT2D eigenvalue weighted by Gasteiger charge is -2.13. The number of hydrogen-bond acceptors (Lipinski definition) is 5. The van der Waals surface area contributed by atoms with E-state index < -0.39 is 42.7 Å². The number of aromatic amines is 1. The lowest BCUT2D eigenvalue weighted by molar-refractivity contribution is -0.0459. The van der Waals surface area contributed by atoms with Gasteiger partial charge in [0.15, 0.2) is 0 Å². The molecule has 88 valence electrons. The summed E-state index contributed by atoms with van der Waals surface area (Å²) < 4.78 is 13.9. The first-order valence-electron chi connectivity index (χ1n) is 5.30. The van der Waals surface area contributed by atoms with Crippen molar-refractivity contribution >= 4 is 0 Å². The van der Waals surface area contributed by atoms with Crippen LogP contribution in [0.3, 0.4) is 0 Å². The summed E-state index contributed by atoms with van der Waals surface area (Å²) in [5.41, 5.74) is -1.27. The molecular formula is C9H12N2O5. The zero-order valence-electron chi connectivity index (χ0n) is 9.24. The van der Waals surface area contributed by atoms with Crippen molar-refractivity contribution in [3.8, 4) is 0 Å². The summed E-state index contributed by atoms with van der Waals surface area (Å²) >= 11 is 0. The van der Waals surface area contributed by atoms with Gasteiger partial charge in [0.2, 0.25) is 0 Å². The second-order valence-corrected chi connectivity index (χ2v) is 3.45. The lowest BCUT2D eigenvalue weighted by atomic mass is 10.2. The van der Waals surface area contributed by atoms with Gasteiger partial charge in [-0.2, -0.15) is 0 Å². The molecule has 3 N–H and O–H groups in total. The topological polar surface area (TPSA) is 105 Å². The molecule has 0 unspecified atom stereocenters. The zero-order valence-corrected chi connectivity index (χ0v) is 8.24. The molecule has 0 radical (unpaired) electrons. The monoisotopic (exact) mass is 230 g/mol. The first-order chi connectivity index (χ1) is 8.04. The third-order valence-electron chi connectivity index (χ3n) is 2.36. The van der Waals surface area contributed by atoms with Crippen molar-refractivity contribution in [2.75, 3.05) is 6.61 Å². The molecule has 7 heteroatoms. The summed E-state index contributed by atoms with van der Waals surface area (Å²) in [5.74, 6) is 0. The van der Waals surface area contributed by atoms with E-state index in [0.717, 1.165) is 10.6 Å². The van der Waals surface area contributed by atoms with Crippen molar-refractivity contribution in [2.45, 2.75) is 24.8 Å². The van der Waals surface area contributed by atoms with Gasteiger partial charge in [0.1, 0.15) is 12.3 Å². The number of rotatable bonds is 2. The van der Waals surface area contributed by atoms with Crippen molar-refractivity contribution in [3.63, 3.8) is 0 Å². The average molecular weight is 230 g/mol. The molecule has 1 aromatic rings. The molecule has 0 saturated carbocycles. The fourth-order valence-corrected chi connectivity index (χ4v) is 1.53. The molecule has 0 aliphatic carbocycles. The predicted molar refractivity (Wildman–Crippen MR) is 52.9 cm³/mol. The van der Waals surface area contributed by atoms with Gasteiger partial charge in [0.25, 0.3) is 5.56 Å². The highest BCUT2D eigenvalue weighted by atomic mass is 16.5. The van der Waals surface area contributed by atoms with Crippen LogP contribution < -0.4 is 11.2 Å². The highest BCUT2D eigenvalue weighted by Crippen LogP contribution is 2.26. The Morgan fingerprint density at radius 2 is 2.44 bits per heavy atom. The second-order valence-electron chi connectivity index (χ2n) is 3.45. The van der Waals surface area contributed by atoms with Gasteiger partial charge in [-0.25, -0.2) is 4.79 Å². The maximum Gasteiger partial charge on any atom is 0.330 e. The Labute approximate surface area is 91.3 Å². The molecule has 1 saturated heterocycles. The molecule has 2 heterocycles. The zero-order chi connectivity index (χ0) is 12.6. The first-order valence-corrected chi connectivity index (χ1v) is 4.72. The Morgan fingerprint density at radius 1 is 1.69 bits per heavy atom. The molecule has 1 aliphatic heterocycles. The maximum absolute atomic E-state index is 11.5. The Bertz CT molecular complexity index is 513. The van der Waals surface area contributed by atoms with Gasteiger partial charge in [-0.15, -0.1) is 0 Å². The van der Waals surface area contributed by atoms with Crippen molar-refractivity contribution in [1.82, 2.24) is 9.55 Å². The van der Waals surface area contributed by atoms with Crippen LogP contribution in [-0.2, 0) is 4.74 Å². The Morgan fingerprint density at radius 3 is 3.00 bits per heavy atom. The van der Waals surface area contributed by atoms with Gasteiger partial charge in [-0.05, 0) is 0 Å². The molecule has 0 spiro atoms. The molecule has 7 nitrogen and oxygen atoms in total. The van der Waals surface area contributed by atoms with E-state index in [1.54, 1.807) is 0 Å². The third kappa shape index (κ3) is 1.92. The number of nitrogens with one attached hydrogen (secondary N) is 1. The summed E-state index contributed by atoms with van der Waals surface area (Å²) in [6, 6.07) is 1.12. The Kier molecular flexibility index (Phi) is 2.56. The minimum Gasteiger partial charge on any atom is -0.394 e. The van der Waals surface area contributed by atoms with E-state index in [4.69, 9.17) is 11.2 Å². The van der Waals surface area contributed by atoms with Gasteiger partial charge in [0, 0.05) is 20.0 Å². The summed E-state index contributed by atoms with van der Waals surface area (Å²) in [7, 11) is 0. The minimum absolute atomic E-state index is 0.439. The number of H-pyrrole nitrogens is 1. The fraction of sp³-hybridized carbons (Fsp3) is 0.556. The summed E-state index contributed by atoms with van der Waals surface area (Å²) in [6.07, 6.45) is -3.01. The SMILES string of the molecule is [3H][C@H]1[C@H](O)[C@@H](CO)O[C@H]1n1ccc(=O)[nH]c1=O. The molecule has 1 aromatic heterocycles. The van der Waals surface area contributed by atoms with E-state index in [1.807, 2.05) is 4.98 Å². The van der Waals surface area contributed by atoms with Gasteiger partial charge in [-0.3, -0.25) is 14.3 Å². The molecule has 0 amide bonds. The molecule has 2 rings (SSSR count). The minimum atomic E-state index is -1.18. The van der Waals surface area contributed by atoms with E-state index in [-0.39, 0.29) is 0 Å². The number of aliphatic hydroxyl groups is 2. The van der Waals surface area contributed by atoms with Crippen molar-refractivity contribution in [2.24, 2.45) is 0 Å². The van der Waals surface area contributed by atoms with Gasteiger partial charge in [-0.1, -0.05) is 0 Å². The van der Waals surface area contributed by atoms with E-state index in [1.165, 1.54) is 6.20 Å². The van der Waals surface area contributed by atoms with Crippen LogP contribution in [0.25, 0.3) is 0 Å². The van der Waals surface area contributed by atoms with E-state index in [2.05, 4.69) is 0 Å². The molecule has 0 bridgehead atoms. The highest BCUT2D eigenvalue weighted by molar-refractivity contribution is 4.88. The van der Waals surface area contributed by atoms with Crippen LogP contribution in [-0.4, -0.2) is 38.6 Å². The van der Waals surface area contributed by atoms with Crippen LogP contribution in [0, 0.1) is 0 Å². The molecular weight excluding hydrogens is 216 g/mol. The summed E-state index contributed by atoms with van der Waals surface area (Å²) in [6.45, 7) is -0.439. The van der Waals surface area contributed by atoms with Gasteiger partial charge < -0.3 is 14.9 Å². The van der Waals surface area contributed by atoms with Crippen LogP contribution in [0.5, 0.6) is 0 Å². The summed E-state index contributed by atoms with van der Waals surface area (Å²) in [5, 5.41) is 18.5. The number of hydrogen-bond donors (Lipinski definition) is 3. The molecule has 16 heavy (non-hydrogen) atoms. The van der Waals surface area contributed by atoms with Gasteiger partial charge >= 0.3 is 5.69 Å². The third-order valence-corrected chi connectivity index (χ3v) is 2.36. The maximum atomic E-state index is 11.5. The first kappa shape index (κ1) is 9.76. The number of nitrogens with zero attached hydrogens (tertiary/aromatic N) is 1. The normalized spacial score (nSPS) is 35.0. The van der Waals surface area contributed by atoms with Crippen molar-refractivity contribution in [1.29, 1.82) is 0 Å². The largest absolute Gasteiger partial charge is 0.394 e. The number of ether oxygens (including phenoxy) is 1. The van der Waals surface area contributed by atoms with E-state index in [9.17, 15) is 14.7 Å². The molecule has 1 fully saturated rings. The lowest BCUT2D eigenvalue weighted by Crippen LogP contribution is -2.31. The fourth-order valence-electron chi connectivity index (χ4n) is 1.53. The molecule has 0 aromatic carbocycles. The Balaban J connectivity index is 2.35. The quantitative estimate of drug-likeness (QED) is 0.554. The van der Waals surface area contributed by atoms with Crippen molar-refractivity contribution < 1.29 is 16.3 Å². The van der Waals surface area contributed by atoms with Crippen molar-refractivity contribution in [3.05, 3.63) is 33.1 Å². The second kappa shape index (κ2) is 4.20. The van der Waals surface area contributed by atoms with Crippen LogP contribution in [0.15, 0.2) is 21.9 Å². The van der Waals surface area contributed by atoms with E-state index >= 15 is 0 Å². The van der Waals surface area contributed by atoms with Crippen LogP contribution in [0.4, 0.5) is 0 Å². The smallest absolute Gasteiger partial charge is 0.330 e. The average Bonchev–Trinajstić information content (AvgIpc) is 2.57. The van der Waals surface area contributed by atoms with Gasteiger partial charge in [0.05, 0.1) is 12.7 Å². The number of aliphatic hydroxyl groups excluding tert-OH is 2. The summed E-state index contributed by atoms with van der Waals surface area (Å²) in [4.78, 5) is 24.4. The van der Waals surface area contributed by atoms with Crippen LogP contribution in [0.1, 0.15) is 14.0 Å². The van der Waals surface area contributed by atoms with Crippen LogP contribution in [0.2, 0.25) is 0 Å². The molecule has 1 aliphatic rings. The predicted octanol–water partition coefficient (Wildman–Crippen LogP) is -1.82.